The second kappa shape index (κ2) is 14.9. The first kappa shape index (κ1) is 32.5. The number of aromatic nitrogens is 2. The zero-order valence-corrected chi connectivity index (χ0v) is 24.9. The molecule has 0 aliphatic heterocycles. The highest BCUT2D eigenvalue weighted by Gasteiger charge is 2.29. The van der Waals surface area contributed by atoms with Crippen LogP contribution in [0.5, 0.6) is 0 Å². The summed E-state index contributed by atoms with van der Waals surface area (Å²) in [5, 5.41) is 19.4. The van der Waals surface area contributed by atoms with Crippen molar-refractivity contribution in [2.75, 3.05) is 6.54 Å². The van der Waals surface area contributed by atoms with E-state index in [2.05, 4.69) is 30.9 Å². The minimum absolute atomic E-state index is 0.0338. The number of aliphatic imine (C=N–C) groups is 1. The average molecular weight is 618 g/mol. The summed E-state index contributed by atoms with van der Waals surface area (Å²) in [4.78, 5) is 61.8. The number of carbonyl (C=O) groups excluding carboxylic acids is 3. The highest BCUT2D eigenvalue weighted by molar-refractivity contribution is 5.95. The van der Waals surface area contributed by atoms with Gasteiger partial charge in [0.2, 0.25) is 17.7 Å². The molecule has 4 atom stereocenters. The largest absolute Gasteiger partial charge is 0.480 e. The van der Waals surface area contributed by atoms with E-state index in [0.717, 1.165) is 32.9 Å². The Kier molecular flexibility index (Phi) is 10.8. The van der Waals surface area contributed by atoms with Gasteiger partial charge in [-0.05, 0) is 43.0 Å². The summed E-state index contributed by atoms with van der Waals surface area (Å²) in [5.41, 5.74) is 20.0. The molecule has 0 bridgehead atoms. The third-order valence-electron chi connectivity index (χ3n) is 7.50. The molecule has 45 heavy (non-hydrogen) atoms. The second-order valence-corrected chi connectivity index (χ2v) is 10.9. The van der Waals surface area contributed by atoms with Crippen LogP contribution in [-0.2, 0) is 32.0 Å². The van der Waals surface area contributed by atoms with Gasteiger partial charge in [0.05, 0.1) is 6.04 Å². The fourth-order valence-corrected chi connectivity index (χ4v) is 5.06. The SMILES string of the molecule is CC(NC(=O)C(Cc1c[nH]c2ccccc12)NC(=O)C(N)CCCN=C(N)N)C(=O)NC(Cc1c[nH]c2ccccc12)C(=O)O. The van der Waals surface area contributed by atoms with E-state index in [4.69, 9.17) is 17.2 Å². The molecule has 2 heterocycles. The van der Waals surface area contributed by atoms with Crippen LogP contribution >= 0.6 is 0 Å². The number of rotatable bonds is 15. The first-order chi connectivity index (χ1) is 21.5. The average Bonchev–Trinajstić information content (AvgIpc) is 3.62. The zero-order valence-electron chi connectivity index (χ0n) is 24.9. The van der Waals surface area contributed by atoms with Crippen molar-refractivity contribution < 1.29 is 24.3 Å². The maximum absolute atomic E-state index is 13.5. The number of H-pyrrole nitrogens is 2. The van der Waals surface area contributed by atoms with Gasteiger partial charge in [-0.2, -0.15) is 0 Å². The molecular weight excluding hydrogens is 578 g/mol. The van der Waals surface area contributed by atoms with Gasteiger partial charge >= 0.3 is 5.97 Å². The number of nitrogens with two attached hydrogens (primary N) is 3. The van der Waals surface area contributed by atoms with Gasteiger partial charge in [-0.15, -0.1) is 0 Å². The Morgan fingerprint density at radius 1 is 0.800 bits per heavy atom. The number of benzene rings is 2. The van der Waals surface area contributed by atoms with Gasteiger partial charge in [-0.1, -0.05) is 36.4 Å². The molecule has 14 nitrogen and oxygen atoms in total. The minimum Gasteiger partial charge on any atom is -0.480 e. The summed E-state index contributed by atoms with van der Waals surface area (Å²) in [6.07, 6.45) is 4.33. The maximum atomic E-state index is 13.5. The second-order valence-electron chi connectivity index (χ2n) is 10.9. The molecule has 0 aliphatic carbocycles. The number of hydrogen-bond donors (Lipinski definition) is 9. The Morgan fingerprint density at radius 3 is 1.89 bits per heavy atom. The van der Waals surface area contributed by atoms with Crippen LogP contribution in [0.2, 0.25) is 0 Å². The molecule has 2 aromatic carbocycles. The van der Waals surface area contributed by atoms with E-state index >= 15 is 0 Å². The summed E-state index contributed by atoms with van der Waals surface area (Å²) in [7, 11) is 0. The number of carboxylic acids is 1. The van der Waals surface area contributed by atoms with E-state index in [1.54, 1.807) is 12.4 Å². The van der Waals surface area contributed by atoms with Crippen LogP contribution in [0.15, 0.2) is 65.9 Å². The standard InChI is InChI=1S/C31H39N9O5/c1-17(27(41)40-26(30(44)45)14-19-16-37-24-11-5-3-8-21(19)24)38-29(43)25(13-18-15-36-23-10-4-2-7-20(18)23)39-28(42)22(32)9-6-12-35-31(33)34/h2-5,7-8,10-11,15-17,22,25-26,36-37H,6,9,12-14,32H2,1H3,(H,38,43)(H,39,42)(H,40,41)(H,44,45)(H4,33,34,35). The van der Waals surface area contributed by atoms with Crippen molar-refractivity contribution in [3.05, 3.63) is 72.1 Å². The number of amides is 3. The number of guanidine groups is 1. The quantitative estimate of drug-likeness (QED) is 0.0511. The van der Waals surface area contributed by atoms with Gasteiger partial charge in [-0.25, -0.2) is 4.79 Å². The Labute approximate surface area is 259 Å². The van der Waals surface area contributed by atoms with Crippen molar-refractivity contribution in [2.45, 2.75) is 56.8 Å². The molecule has 0 saturated carbocycles. The van der Waals surface area contributed by atoms with E-state index in [1.165, 1.54) is 6.92 Å². The molecule has 0 radical (unpaired) electrons. The Bertz CT molecular complexity index is 1690. The normalized spacial score (nSPS) is 13.8. The number of hydrogen-bond acceptors (Lipinski definition) is 6. The number of para-hydroxylation sites is 2. The number of nitrogens with zero attached hydrogens (tertiary/aromatic N) is 1. The molecule has 2 aromatic heterocycles. The molecule has 0 fully saturated rings. The highest BCUT2D eigenvalue weighted by Crippen LogP contribution is 2.20. The smallest absolute Gasteiger partial charge is 0.326 e. The lowest BCUT2D eigenvalue weighted by Gasteiger charge is -2.23. The predicted molar refractivity (Wildman–Crippen MR) is 171 cm³/mol. The zero-order chi connectivity index (χ0) is 32.5. The number of aliphatic carboxylic acids is 1. The van der Waals surface area contributed by atoms with Gasteiger partial charge in [0.15, 0.2) is 5.96 Å². The van der Waals surface area contributed by atoms with Crippen LogP contribution in [0.4, 0.5) is 0 Å². The lowest BCUT2D eigenvalue weighted by atomic mass is 10.0. The molecule has 0 aliphatic rings. The Hall–Kier alpha value is -5.37. The molecule has 4 aromatic rings. The van der Waals surface area contributed by atoms with Crippen molar-refractivity contribution in [1.29, 1.82) is 0 Å². The fraction of sp³-hybridized carbons (Fsp3) is 0.323. The number of nitrogens with one attached hydrogen (secondary N) is 5. The number of fused-ring (bicyclic) bond motifs is 2. The number of carbonyl (C=O) groups is 4. The van der Waals surface area contributed by atoms with Gasteiger partial charge in [0.25, 0.3) is 0 Å². The summed E-state index contributed by atoms with van der Waals surface area (Å²) < 4.78 is 0. The topological polar surface area (TPSA) is 247 Å². The number of aromatic amines is 2. The Balaban J connectivity index is 1.44. The summed E-state index contributed by atoms with van der Waals surface area (Å²) >= 11 is 0. The first-order valence-corrected chi connectivity index (χ1v) is 14.6. The van der Waals surface area contributed by atoms with Crippen molar-refractivity contribution >= 4 is 51.5 Å². The fourth-order valence-electron chi connectivity index (χ4n) is 5.06. The predicted octanol–water partition coefficient (Wildman–Crippen LogP) is 0.374. The van der Waals surface area contributed by atoms with Gasteiger partial charge in [0, 0.05) is 53.6 Å². The maximum Gasteiger partial charge on any atom is 0.326 e. The number of carboxylic acid groups (broad SMARTS) is 1. The van der Waals surface area contributed by atoms with Crippen LogP contribution in [-0.4, -0.2) is 75.4 Å². The van der Waals surface area contributed by atoms with Gasteiger partial charge in [0.1, 0.15) is 18.1 Å². The molecule has 4 unspecified atom stereocenters. The summed E-state index contributed by atoms with van der Waals surface area (Å²) in [5.74, 6) is -3.15. The monoisotopic (exact) mass is 617 g/mol. The molecule has 238 valence electrons. The van der Waals surface area contributed by atoms with E-state index in [0.29, 0.717) is 13.0 Å². The lowest BCUT2D eigenvalue weighted by Crippen LogP contribution is -2.57. The Morgan fingerprint density at radius 2 is 1.33 bits per heavy atom. The third kappa shape index (κ3) is 8.60. The van der Waals surface area contributed by atoms with E-state index in [-0.39, 0.29) is 25.2 Å². The van der Waals surface area contributed by atoms with Crippen LogP contribution in [0, 0.1) is 0 Å². The van der Waals surface area contributed by atoms with Gasteiger partial charge < -0.3 is 48.2 Å². The highest BCUT2D eigenvalue weighted by atomic mass is 16.4. The van der Waals surface area contributed by atoms with Crippen molar-refractivity contribution in [3.63, 3.8) is 0 Å². The molecular formula is C31H39N9O5. The molecule has 4 rings (SSSR count). The summed E-state index contributed by atoms with van der Waals surface area (Å²) in [6, 6.07) is 10.6. The van der Waals surface area contributed by atoms with Crippen LogP contribution in [0.3, 0.4) is 0 Å². The van der Waals surface area contributed by atoms with Gasteiger partial charge in [-0.3, -0.25) is 19.4 Å². The minimum atomic E-state index is -1.24. The lowest BCUT2D eigenvalue weighted by molar-refractivity contribution is -0.142. The van der Waals surface area contributed by atoms with Crippen LogP contribution in [0.25, 0.3) is 21.8 Å². The molecule has 0 spiro atoms. The molecule has 14 heteroatoms. The molecule has 3 amide bonds. The van der Waals surface area contributed by atoms with Crippen molar-refractivity contribution in [1.82, 2.24) is 25.9 Å². The van der Waals surface area contributed by atoms with Crippen molar-refractivity contribution in [2.24, 2.45) is 22.2 Å². The molecule has 0 saturated heterocycles. The van der Waals surface area contributed by atoms with E-state index < -0.39 is 47.9 Å². The third-order valence-corrected chi connectivity index (χ3v) is 7.50. The van der Waals surface area contributed by atoms with E-state index in [9.17, 15) is 24.3 Å². The first-order valence-electron chi connectivity index (χ1n) is 14.6. The van der Waals surface area contributed by atoms with Crippen molar-refractivity contribution in [3.8, 4) is 0 Å². The van der Waals surface area contributed by atoms with Crippen LogP contribution in [0.1, 0.15) is 30.9 Å². The van der Waals surface area contributed by atoms with Crippen LogP contribution < -0.4 is 33.2 Å². The van der Waals surface area contributed by atoms with E-state index in [1.807, 2.05) is 48.5 Å². The summed E-state index contributed by atoms with van der Waals surface area (Å²) in [6.45, 7) is 1.74. The molecule has 12 N–H and O–H groups in total.